The highest BCUT2D eigenvalue weighted by Crippen LogP contribution is 2.11. The van der Waals surface area contributed by atoms with Crippen LogP contribution in [0.15, 0.2) is 4.99 Å². The summed E-state index contributed by atoms with van der Waals surface area (Å²) in [6.45, 7) is 3.75. The number of nitrogens with one attached hydrogen (secondary N) is 1. The lowest BCUT2D eigenvalue weighted by Crippen LogP contribution is -2.17. The molecule has 1 N–H and O–H groups in total. The first-order chi connectivity index (χ1) is 5.37. The Morgan fingerprint density at radius 2 is 2.17 bits per heavy atom. The lowest BCUT2D eigenvalue weighted by molar-refractivity contribution is 0.0326. The monoisotopic (exact) mass is 176 g/mol. The van der Waals surface area contributed by atoms with E-state index in [2.05, 4.69) is 4.99 Å². The molecule has 0 aliphatic carbocycles. The van der Waals surface area contributed by atoms with E-state index >= 15 is 0 Å². The van der Waals surface area contributed by atoms with E-state index in [4.69, 9.17) is 5.41 Å². The van der Waals surface area contributed by atoms with E-state index in [0.29, 0.717) is 5.71 Å². The molecule has 0 spiro atoms. The smallest absolute Gasteiger partial charge is 0.264 e. The summed E-state index contributed by atoms with van der Waals surface area (Å²) in [6.07, 6.45) is 1.19. The molecule has 12 heavy (non-hydrogen) atoms. The van der Waals surface area contributed by atoms with Crippen LogP contribution in [0, 0.1) is 11.3 Å². The maximum absolute atomic E-state index is 12.3. The molecule has 0 aliphatic rings. The Bertz CT molecular complexity index is 182. The van der Waals surface area contributed by atoms with Crippen LogP contribution >= 0.6 is 0 Å². The van der Waals surface area contributed by atoms with Crippen molar-refractivity contribution in [1.29, 1.82) is 5.41 Å². The first kappa shape index (κ1) is 11.2. The van der Waals surface area contributed by atoms with Crippen LogP contribution in [0.1, 0.15) is 20.8 Å². The zero-order valence-electron chi connectivity index (χ0n) is 7.56. The van der Waals surface area contributed by atoms with Gasteiger partial charge in [0, 0.05) is 24.8 Å². The lowest BCUT2D eigenvalue weighted by Gasteiger charge is -2.08. The molecule has 0 radical (unpaired) electrons. The van der Waals surface area contributed by atoms with Crippen molar-refractivity contribution >= 4 is 11.9 Å². The fraction of sp³-hybridized carbons (Fsp3) is 0.750. The molecule has 0 saturated carbocycles. The van der Waals surface area contributed by atoms with Gasteiger partial charge in [0.05, 0.1) is 0 Å². The number of hydrogen-bond acceptors (Lipinski definition) is 2. The number of halogens is 2. The molecule has 0 amide bonds. The van der Waals surface area contributed by atoms with Gasteiger partial charge in [-0.1, -0.05) is 6.92 Å². The van der Waals surface area contributed by atoms with Crippen molar-refractivity contribution in [2.75, 3.05) is 6.54 Å². The van der Waals surface area contributed by atoms with Crippen LogP contribution < -0.4 is 0 Å². The second kappa shape index (κ2) is 4.28. The molecule has 0 bridgehead atoms. The average molecular weight is 176 g/mol. The Balaban J connectivity index is 4.09. The molecular weight excluding hydrogens is 162 g/mol. The molecule has 1 unspecified atom stereocenters. The zero-order chi connectivity index (χ0) is 9.78. The van der Waals surface area contributed by atoms with E-state index in [-0.39, 0.29) is 5.92 Å². The van der Waals surface area contributed by atoms with Crippen molar-refractivity contribution in [1.82, 2.24) is 0 Å². The highest BCUT2D eigenvalue weighted by molar-refractivity contribution is 5.95. The Morgan fingerprint density at radius 1 is 1.67 bits per heavy atom. The topological polar surface area (TPSA) is 36.2 Å². The Morgan fingerprint density at radius 3 is 2.50 bits per heavy atom. The van der Waals surface area contributed by atoms with Crippen molar-refractivity contribution in [3.8, 4) is 0 Å². The number of alkyl halides is 2. The van der Waals surface area contributed by atoms with Crippen molar-refractivity contribution in [2.45, 2.75) is 26.7 Å². The summed E-state index contributed by atoms with van der Waals surface area (Å²) in [4.78, 5) is 3.68. The molecule has 0 aromatic heterocycles. The molecule has 1 atom stereocenters. The van der Waals surface area contributed by atoms with Crippen LogP contribution in [0.3, 0.4) is 0 Å². The molecule has 0 saturated heterocycles. The predicted molar refractivity (Wildman–Crippen MR) is 46.5 cm³/mol. The molecule has 70 valence electrons. The largest absolute Gasteiger partial charge is 0.312 e. The van der Waals surface area contributed by atoms with Crippen LogP contribution in [0.25, 0.3) is 0 Å². The zero-order valence-corrected chi connectivity index (χ0v) is 7.56. The molecule has 0 aromatic carbocycles. The molecule has 0 aliphatic heterocycles. The highest BCUT2D eigenvalue weighted by Gasteiger charge is 2.20. The van der Waals surface area contributed by atoms with Crippen LogP contribution in [0.4, 0.5) is 8.78 Å². The van der Waals surface area contributed by atoms with Gasteiger partial charge in [-0.2, -0.15) is 0 Å². The minimum Gasteiger partial charge on any atom is -0.312 e. The maximum Gasteiger partial charge on any atom is 0.264 e. The predicted octanol–water partition coefficient (Wildman–Crippen LogP) is 2.39. The summed E-state index contributed by atoms with van der Waals surface area (Å²) in [5.74, 6) is -2.89. The Hall–Kier alpha value is -0.800. The summed E-state index contributed by atoms with van der Waals surface area (Å²) in [5.41, 5.74) is 0.575. The van der Waals surface area contributed by atoms with Gasteiger partial charge < -0.3 is 5.41 Å². The van der Waals surface area contributed by atoms with Gasteiger partial charge in [0.25, 0.3) is 5.92 Å². The van der Waals surface area contributed by atoms with Crippen molar-refractivity contribution < 1.29 is 8.78 Å². The van der Waals surface area contributed by atoms with Crippen LogP contribution in [-0.2, 0) is 0 Å². The van der Waals surface area contributed by atoms with E-state index in [1.165, 1.54) is 6.21 Å². The van der Waals surface area contributed by atoms with E-state index in [0.717, 1.165) is 6.92 Å². The normalized spacial score (nSPS) is 15.9. The number of rotatable bonds is 4. The second-order valence-corrected chi connectivity index (χ2v) is 2.98. The van der Waals surface area contributed by atoms with Gasteiger partial charge in [-0.25, -0.2) is 8.78 Å². The lowest BCUT2D eigenvalue weighted by atomic mass is 10.1. The summed E-state index contributed by atoms with van der Waals surface area (Å²) in [5, 5.41) is 6.88. The maximum atomic E-state index is 12.3. The minimum atomic E-state index is -2.75. The van der Waals surface area contributed by atoms with Crippen LogP contribution in [-0.4, -0.2) is 24.4 Å². The summed E-state index contributed by atoms with van der Waals surface area (Å²) < 4.78 is 24.6. The van der Waals surface area contributed by atoms with Crippen molar-refractivity contribution in [3.05, 3.63) is 0 Å². The van der Waals surface area contributed by atoms with E-state index in [1.807, 2.05) is 0 Å². The molecule has 2 nitrogen and oxygen atoms in total. The van der Waals surface area contributed by atoms with Crippen molar-refractivity contribution in [3.63, 3.8) is 0 Å². The second-order valence-electron chi connectivity index (χ2n) is 2.98. The van der Waals surface area contributed by atoms with Gasteiger partial charge in [-0.3, -0.25) is 4.99 Å². The molecule has 0 fully saturated rings. The van der Waals surface area contributed by atoms with Gasteiger partial charge in [0.2, 0.25) is 0 Å². The van der Waals surface area contributed by atoms with Gasteiger partial charge in [-0.05, 0) is 6.92 Å². The standard InChI is InChI=1S/C8H14F2N2/c1-6(4-11)7(2)12-5-8(3,9)10/h4,6,11H,5H2,1-3H3. The first-order valence-corrected chi connectivity index (χ1v) is 3.76. The summed E-state index contributed by atoms with van der Waals surface area (Å²) in [6, 6.07) is 0. The first-order valence-electron chi connectivity index (χ1n) is 3.76. The van der Waals surface area contributed by atoms with Gasteiger partial charge in [0.15, 0.2) is 0 Å². The fourth-order valence-electron chi connectivity index (χ4n) is 0.528. The highest BCUT2D eigenvalue weighted by atomic mass is 19.3. The average Bonchev–Trinajstić information content (AvgIpc) is 1.97. The third-order valence-electron chi connectivity index (χ3n) is 1.52. The van der Waals surface area contributed by atoms with Crippen molar-refractivity contribution in [2.24, 2.45) is 10.9 Å². The van der Waals surface area contributed by atoms with Crippen LogP contribution in [0.2, 0.25) is 0 Å². The quantitative estimate of drug-likeness (QED) is 0.638. The Labute approximate surface area is 71.2 Å². The SMILES string of the molecule is CC(=NCC(C)(F)F)C(C)C=N. The molecule has 0 rings (SSSR count). The van der Waals surface area contributed by atoms with E-state index < -0.39 is 12.5 Å². The summed E-state index contributed by atoms with van der Waals surface area (Å²) in [7, 11) is 0. The number of hydrogen-bond donors (Lipinski definition) is 1. The van der Waals surface area contributed by atoms with Crippen LogP contribution in [0.5, 0.6) is 0 Å². The third-order valence-corrected chi connectivity index (χ3v) is 1.52. The molecular formula is C8H14F2N2. The van der Waals surface area contributed by atoms with E-state index in [9.17, 15) is 8.78 Å². The molecule has 4 heteroatoms. The van der Waals surface area contributed by atoms with E-state index in [1.54, 1.807) is 13.8 Å². The fourth-order valence-corrected chi connectivity index (χ4v) is 0.528. The molecule has 0 aromatic rings. The number of aliphatic imine (C=N–C) groups is 1. The van der Waals surface area contributed by atoms with Gasteiger partial charge in [-0.15, -0.1) is 0 Å². The summed E-state index contributed by atoms with van der Waals surface area (Å²) >= 11 is 0. The Kier molecular flexibility index (Phi) is 4.00. The molecule has 0 heterocycles. The van der Waals surface area contributed by atoms with Gasteiger partial charge >= 0.3 is 0 Å². The minimum absolute atomic E-state index is 0.146. The third kappa shape index (κ3) is 4.93. The van der Waals surface area contributed by atoms with Gasteiger partial charge in [0.1, 0.15) is 6.54 Å². The number of nitrogens with zero attached hydrogens (tertiary/aromatic N) is 1.